The second-order valence-electron chi connectivity index (χ2n) is 7.92. The van der Waals surface area contributed by atoms with E-state index in [2.05, 4.69) is 58.1 Å². The number of nitrogens with zero attached hydrogens (tertiary/aromatic N) is 1. The van der Waals surface area contributed by atoms with E-state index in [1.165, 1.54) is 16.7 Å². The minimum Gasteiger partial charge on any atom is -0.508 e. The summed E-state index contributed by atoms with van der Waals surface area (Å²) in [5, 5.41) is 11.3. The summed E-state index contributed by atoms with van der Waals surface area (Å²) in [4.78, 5) is 2.46. The Morgan fingerprint density at radius 2 is 1.77 bits per heavy atom. The van der Waals surface area contributed by atoms with Gasteiger partial charge >= 0.3 is 0 Å². The topological polar surface area (TPSA) is 32.7 Å². The second kappa shape index (κ2) is 9.01. The van der Waals surface area contributed by atoms with Crippen LogP contribution < -0.4 is 4.74 Å². The predicted octanol–water partition coefficient (Wildman–Crippen LogP) is 6.51. The van der Waals surface area contributed by atoms with Crippen molar-refractivity contribution in [3.8, 4) is 11.5 Å². The molecule has 3 nitrogen and oxygen atoms in total. The lowest BCUT2D eigenvalue weighted by molar-refractivity contribution is 0.322. The van der Waals surface area contributed by atoms with Crippen LogP contribution in [0.15, 0.2) is 65.1 Å². The maximum Gasteiger partial charge on any atom is 0.119 e. The summed E-state index contributed by atoms with van der Waals surface area (Å²) in [5.41, 5.74) is 4.69. The molecule has 3 aromatic rings. The SMILES string of the molecule is COc1ccc(CN2C[C@H](c3cc(Cl)ccc3O)[C@@H](c3ccccc3Br)C2)c(C)c1. The average molecular weight is 487 g/mol. The summed E-state index contributed by atoms with van der Waals surface area (Å²) in [7, 11) is 1.69. The van der Waals surface area contributed by atoms with Crippen molar-refractivity contribution in [2.75, 3.05) is 20.2 Å². The van der Waals surface area contributed by atoms with Crippen molar-refractivity contribution >= 4 is 27.5 Å². The molecule has 0 spiro atoms. The molecule has 5 heteroatoms. The Bertz CT molecular complexity index is 1060. The van der Waals surface area contributed by atoms with Gasteiger partial charge in [-0.25, -0.2) is 0 Å². The number of methoxy groups -OCH3 is 1. The van der Waals surface area contributed by atoms with E-state index < -0.39 is 0 Å². The van der Waals surface area contributed by atoms with Crippen LogP contribution in [0.3, 0.4) is 0 Å². The van der Waals surface area contributed by atoms with Crippen LogP contribution in [0.2, 0.25) is 5.02 Å². The van der Waals surface area contributed by atoms with Gasteiger partial charge in [-0.3, -0.25) is 4.90 Å². The van der Waals surface area contributed by atoms with Gasteiger partial charge in [0.1, 0.15) is 11.5 Å². The van der Waals surface area contributed by atoms with Gasteiger partial charge in [0.05, 0.1) is 7.11 Å². The third kappa shape index (κ3) is 4.36. The Morgan fingerprint density at radius 1 is 1.03 bits per heavy atom. The molecule has 0 bridgehead atoms. The first kappa shape index (κ1) is 21.2. The molecule has 0 aromatic heterocycles. The van der Waals surface area contributed by atoms with Crippen LogP contribution in [0.25, 0.3) is 0 Å². The van der Waals surface area contributed by atoms with Crippen molar-refractivity contribution in [2.45, 2.75) is 25.3 Å². The molecular weight excluding hydrogens is 462 g/mol. The number of rotatable bonds is 5. The van der Waals surface area contributed by atoms with E-state index in [0.29, 0.717) is 10.8 Å². The van der Waals surface area contributed by atoms with Crippen molar-refractivity contribution in [1.29, 1.82) is 0 Å². The molecular formula is C25H25BrClNO2. The third-order valence-corrected chi connectivity index (χ3v) is 6.99. The van der Waals surface area contributed by atoms with E-state index >= 15 is 0 Å². The first-order valence-electron chi connectivity index (χ1n) is 10.0. The minimum absolute atomic E-state index is 0.154. The Labute approximate surface area is 191 Å². The molecule has 0 radical (unpaired) electrons. The quantitative estimate of drug-likeness (QED) is 0.446. The Hall–Kier alpha value is -2.01. The molecule has 3 aromatic carbocycles. The van der Waals surface area contributed by atoms with Gasteiger partial charge in [0.25, 0.3) is 0 Å². The van der Waals surface area contributed by atoms with Crippen molar-refractivity contribution in [2.24, 2.45) is 0 Å². The number of hydrogen-bond donors (Lipinski definition) is 1. The number of phenols is 1. The summed E-state index contributed by atoms with van der Waals surface area (Å²) < 4.78 is 6.45. The van der Waals surface area contributed by atoms with Crippen LogP contribution in [0, 0.1) is 6.92 Å². The molecule has 156 valence electrons. The Morgan fingerprint density at radius 3 is 2.47 bits per heavy atom. The summed E-state index contributed by atoms with van der Waals surface area (Å²) in [6.07, 6.45) is 0. The largest absolute Gasteiger partial charge is 0.508 e. The number of aromatic hydroxyl groups is 1. The standard InChI is InChI=1S/C25H25BrClNO2/c1-16-11-19(30-2)9-7-17(16)13-28-14-22(20-5-3-4-6-24(20)26)23(15-28)21-12-18(27)8-10-25(21)29/h3-12,22-23,29H,13-15H2,1-2H3/t22-,23-/m1/s1. The highest BCUT2D eigenvalue weighted by Gasteiger charge is 2.37. The van der Waals surface area contributed by atoms with Gasteiger partial charge in [-0.05, 0) is 60.0 Å². The molecule has 1 aliphatic heterocycles. The molecule has 1 N–H and O–H groups in total. The lowest BCUT2D eigenvalue weighted by Gasteiger charge is -2.21. The molecule has 0 unspecified atom stereocenters. The van der Waals surface area contributed by atoms with Crippen molar-refractivity contribution in [1.82, 2.24) is 4.90 Å². The fourth-order valence-electron chi connectivity index (χ4n) is 4.46. The van der Waals surface area contributed by atoms with Gasteiger partial charge < -0.3 is 9.84 Å². The number of aryl methyl sites for hydroxylation is 1. The fraction of sp³-hybridized carbons (Fsp3) is 0.280. The molecule has 30 heavy (non-hydrogen) atoms. The molecule has 2 atom stereocenters. The van der Waals surface area contributed by atoms with Crippen LogP contribution in [-0.4, -0.2) is 30.2 Å². The highest BCUT2D eigenvalue weighted by atomic mass is 79.9. The maximum absolute atomic E-state index is 10.6. The Kier molecular flexibility index (Phi) is 6.37. The van der Waals surface area contributed by atoms with Crippen molar-refractivity contribution in [3.63, 3.8) is 0 Å². The van der Waals surface area contributed by atoms with E-state index in [4.69, 9.17) is 16.3 Å². The zero-order chi connectivity index (χ0) is 21.3. The fourth-order valence-corrected chi connectivity index (χ4v) is 5.22. The average Bonchev–Trinajstić information content (AvgIpc) is 3.15. The zero-order valence-corrected chi connectivity index (χ0v) is 19.5. The highest BCUT2D eigenvalue weighted by molar-refractivity contribution is 9.10. The van der Waals surface area contributed by atoms with Crippen LogP contribution >= 0.6 is 27.5 Å². The number of halogens is 2. The van der Waals surface area contributed by atoms with Crippen molar-refractivity contribution in [3.05, 3.63) is 92.4 Å². The molecule has 1 heterocycles. The summed E-state index contributed by atoms with van der Waals surface area (Å²) in [6, 6.07) is 20.0. The number of benzene rings is 3. The number of ether oxygens (including phenoxy) is 1. The Balaban J connectivity index is 1.67. The number of phenolic OH excluding ortho intramolecular Hbond substituents is 1. The molecule has 0 aliphatic carbocycles. The van der Waals surface area contributed by atoms with Gasteiger partial charge in [0.2, 0.25) is 0 Å². The van der Waals surface area contributed by atoms with Crippen LogP contribution in [0.4, 0.5) is 0 Å². The van der Waals surface area contributed by atoms with E-state index in [9.17, 15) is 5.11 Å². The maximum atomic E-state index is 10.6. The molecule has 0 saturated carbocycles. The van der Waals surface area contributed by atoms with Gasteiger partial charge in [-0.1, -0.05) is 51.8 Å². The van der Waals surface area contributed by atoms with Crippen LogP contribution in [0.1, 0.15) is 34.1 Å². The number of likely N-dealkylation sites (tertiary alicyclic amines) is 1. The lowest BCUT2D eigenvalue weighted by atomic mass is 9.84. The van der Waals surface area contributed by atoms with Gasteiger partial charge in [0, 0.05) is 46.5 Å². The third-order valence-electron chi connectivity index (χ3n) is 6.03. The minimum atomic E-state index is 0.154. The second-order valence-corrected chi connectivity index (χ2v) is 9.21. The monoisotopic (exact) mass is 485 g/mol. The summed E-state index contributed by atoms with van der Waals surface area (Å²) >= 11 is 10.0. The van der Waals surface area contributed by atoms with E-state index in [-0.39, 0.29) is 11.8 Å². The van der Waals surface area contributed by atoms with E-state index in [1.54, 1.807) is 19.2 Å². The van der Waals surface area contributed by atoms with E-state index in [1.807, 2.05) is 18.2 Å². The number of hydrogen-bond acceptors (Lipinski definition) is 3. The molecule has 1 aliphatic rings. The molecule has 1 saturated heterocycles. The summed E-state index contributed by atoms with van der Waals surface area (Å²) in [5.74, 6) is 1.60. The van der Waals surface area contributed by atoms with Crippen LogP contribution in [0.5, 0.6) is 11.5 Å². The molecule has 4 rings (SSSR count). The van der Waals surface area contributed by atoms with Crippen LogP contribution in [-0.2, 0) is 6.54 Å². The normalized spacial score (nSPS) is 19.2. The molecule has 0 amide bonds. The van der Waals surface area contributed by atoms with Crippen molar-refractivity contribution < 1.29 is 9.84 Å². The predicted molar refractivity (Wildman–Crippen MR) is 126 cm³/mol. The lowest BCUT2D eigenvalue weighted by Crippen LogP contribution is -2.20. The molecule has 1 fully saturated rings. The highest BCUT2D eigenvalue weighted by Crippen LogP contribution is 2.45. The smallest absolute Gasteiger partial charge is 0.119 e. The van der Waals surface area contributed by atoms with Gasteiger partial charge in [0.15, 0.2) is 0 Å². The van der Waals surface area contributed by atoms with E-state index in [0.717, 1.165) is 35.4 Å². The first-order valence-corrected chi connectivity index (χ1v) is 11.2. The zero-order valence-electron chi connectivity index (χ0n) is 17.1. The van der Waals surface area contributed by atoms with Gasteiger partial charge in [-0.15, -0.1) is 0 Å². The van der Waals surface area contributed by atoms with Gasteiger partial charge in [-0.2, -0.15) is 0 Å². The summed E-state index contributed by atoms with van der Waals surface area (Å²) in [6.45, 7) is 4.74. The first-order chi connectivity index (χ1) is 14.5.